The number of fused-ring (bicyclic) bond motifs is 1. The smallest absolute Gasteiger partial charge is 0.261 e. The van der Waals surface area contributed by atoms with Gasteiger partial charge in [0, 0.05) is 19.2 Å². The van der Waals surface area contributed by atoms with Gasteiger partial charge in [0.15, 0.2) is 0 Å². The minimum Gasteiger partial charge on any atom is -0.350 e. The van der Waals surface area contributed by atoms with Crippen LogP contribution in [0.5, 0.6) is 0 Å². The van der Waals surface area contributed by atoms with Crippen molar-refractivity contribution in [3.05, 3.63) is 71.0 Å². The number of hydrogen-bond acceptors (Lipinski definition) is 4. The minimum absolute atomic E-state index is 0.0533. The number of nitrogens with one attached hydrogen (secondary N) is 1. The molecular formula is C18H18N4O2. The highest BCUT2D eigenvalue weighted by molar-refractivity contribution is 5.77. The molecule has 122 valence electrons. The Morgan fingerprint density at radius 1 is 1.08 bits per heavy atom. The number of carbonyl (C=O) groups is 1. The lowest BCUT2D eigenvalue weighted by atomic mass is 10.2. The maximum Gasteiger partial charge on any atom is 0.261 e. The molecule has 0 saturated heterocycles. The van der Waals surface area contributed by atoms with Gasteiger partial charge in [-0.3, -0.25) is 19.1 Å². The highest BCUT2D eigenvalue weighted by Crippen LogP contribution is 2.05. The summed E-state index contributed by atoms with van der Waals surface area (Å²) in [5, 5.41) is 3.42. The number of nitrogens with zero attached hydrogens (tertiary/aromatic N) is 3. The van der Waals surface area contributed by atoms with E-state index in [1.807, 2.05) is 36.4 Å². The number of amides is 1. The van der Waals surface area contributed by atoms with E-state index in [0.29, 0.717) is 36.8 Å². The van der Waals surface area contributed by atoms with Gasteiger partial charge >= 0.3 is 0 Å². The molecule has 1 N–H and O–H groups in total. The molecule has 3 rings (SSSR count). The molecule has 0 atom stereocenters. The third-order valence-corrected chi connectivity index (χ3v) is 3.73. The molecule has 6 nitrogen and oxygen atoms in total. The summed E-state index contributed by atoms with van der Waals surface area (Å²) in [6.07, 6.45) is 4.16. The Kier molecular flexibility index (Phi) is 4.96. The molecule has 0 bridgehead atoms. The van der Waals surface area contributed by atoms with Gasteiger partial charge in [-0.05, 0) is 30.7 Å². The van der Waals surface area contributed by atoms with Crippen molar-refractivity contribution in [1.29, 1.82) is 0 Å². The van der Waals surface area contributed by atoms with Gasteiger partial charge in [-0.25, -0.2) is 4.98 Å². The van der Waals surface area contributed by atoms with Crippen LogP contribution in [0.4, 0.5) is 0 Å². The molecule has 6 heteroatoms. The lowest BCUT2D eigenvalue weighted by Crippen LogP contribution is -2.25. The number of pyridine rings is 1. The van der Waals surface area contributed by atoms with E-state index in [2.05, 4.69) is 15.3 Å². The summed E-state index contributed by atoms with van der Waals surface area (Å²) >= 11 is 0. The third kappa shape index (κ3) is 3.84. The van der Waals surface area contributed by atoms with Crippen LogP contribution < -0.4 is 10.9 Å². The monoisotopic (exact) mass is 322 g/mol. The van der Waals surface area contributed by atoms with Crippen molar-refractivity contribution in [2.24, 2.45) is 0 Å². The second-order valence-electron chi connectivity index (χ2n) is 5.46. The number of hydrogen-bond donors (Lipinski definition) is 1. The molecule has 1 aromatic carbocycles. The van der Waals surface area contributed by atoms with Gasteiger partial charge < -0.3 is 5.32 Å². The molecule has 0 fully saturated rings. The highest BCUT2D eigenvalue weighted by atomic mass is 16.1. The Hall–Kier alpha value is -3.02. The lowest BCUT2D eigenvalue weighted by Gasteiger charge is -2.07. The van der Waals surface area contributed by atoms with Crippen LogP contribution in [-0.2, 0) is 17.9 Å². The standard InChI is InChI=1S/C18H18N4O2/c23-17(20-12-14-6-3-4-10-19-14)9-5-11-22-13-21-16-8-2-1-7-15(16)18(22)24/h1-4,6-8,10,13H,5,9,11-12H2,(H,20,23). The first-order valence-electron chi connectivity index (χ1n) is 7.85. The molecule has 2 heterocycles. The van der Waals surface area contributed by atoms with Crippen LogP contribution in [0.25, 0.3) is 10.9 Å². The summed E-state index contributed by atoms with van der Waals surface area (Å²) in [5.74, 6) is -0.0533. The Morgan fingerprint density at radius 3 is 2.75 bits per heavy atom. The van der Waals surface area contributed by atoms with Crippen LogP contribution in [0.1, 0.15) is 18.5 Å². The Balaban J connectivity index is 1.52. The van der Waals surface area contributed by atoms with E-state index in [4.69, 9.17) is 0 Å². The van der Waals surface area contributed by atoms with Gasteiger partial charge in [0.05, 0.1) is 29.5 Å². The largest absolute Gasteiger partial charge is 0.350 e. The number of aromatic nitrogens is 3. The van der Waals surface area contributed by atoms with Crippen LogP contribution in [0.3, 0.4) is 0 Å². The normalized spacial score (nSPS) is 10.7. The molecule has 0 aliphatic carbocycles. The van der Waals surface area contributed by atoms with E-state index in [9.17, 15) is 9.59 Å². The maximum absolute atomic E-state index is 12.3. The molecule has 2 aromatic heterocycles. The van der Waals surface area contributed by atoms with E-state index in [-0.39, 0.29) is 11.5 Å². The predicted octanol–water partition coefficient (Wildman–Crippen LogP) is 1.89. The van der Waals surface area contributed by atoms with Crippen molar-refractivity contribution in [2.75, 3.05) is 0 Å². The fraction of sp³-hybridized carbons (Fsp3) is 0.222. The number of rotatable bonds is 6. The molecular weight excluding hydrogens is 304 g/mol. The Labute approximate surface area is 139 Å². The third-order valence-electron chi connectivity index (χ3n) is 3.73. The zero-order valence-electron chi connectivity index (χ0n) is 13.2. The van der Waals surface area contributed by atoms with Gasteiger partial charge in [0.25, 0.3) is 5.56 Å². The van der Waals surface area contributed by atoms with E-state index in [0.717, 1.165) is 5.69 Å². The molecule has 0 spiro atoms. The maximum atomic E-state index is 12.3. The minimum atomic E-state index is -0.0745. The molecule has 3 aromatic rings. The van der Waals surface area contributed by atoms with Crippen LogP contribution in [-0.4, -0.2) is 20.4 Å². The van der Waals surface area contributed by atoms with E-state index < -0.39 is 0 Å². The summed E-state index contributed by atoms with van der Waals surface area (Å²) in [5.41, 5.74) is 1.43. The quantitative estimate of drug-likeness (QED) is 0.752. The summed E-state index contributed by atoms with van der Waals surface area (Å²) in [4.78, 5) is 32.6. The second kappa shape index (κ2) is 7.50. The van der Waals surface area contributed by atoms with Crippen molar-refractivity contribution < 1.29 is 4.79 Å². The Morgan fingerprint density at radius 2 is 1.92 bits per heavy atom. The van der Waals surface area contributed by atoms with Gasteiger partial charge in [-0.1, -0.05) is 18.2 Å². The average molecular weight is 322 g/mol. The lowest BCUT2D eigenvalue weighted by molar-refractivity contribution is -0.121. The van der Waals surface area contributed by atoms with Crippen LogP contribution >= 0.6 is 0 Å². The summed E-state index contributed by atoms with van der Waals surface area (Å²) in [7, 11) is 0. The molecule has 1 amide bonds. The fourth-order valence-corrected chi connectivity index (χ4v) is 2.46. The SMILES string of the molecule is O=C(CCCn1cnc2ccccc2c1=O)NCc1ccccn1. The van der Waals surface area contributed by atoms with Crippen LogP contribution in [0.2, 0.25) is 0 Å². The molecule has 0 saturated carbocycles. The fourth-order valence-electron chi connectivity index (χ4n) is 2.46. The molecule has 0 radical (unpaired) electrons. The van der Waals surface area contributed by atoms with Crippen molar-refractivity contribution in [1.82, 2.24) is 19.9 Å². The zero-order chi connectivity index (χ0) is 16.8. The van der Waals surface area contributed by atoms with E-state index in [1.54, 1.807) is 16.8 Å². The van der Waals surface area contributed by atoms with Gasteiger partial charge in [0.1, 0.15) is 0 Å². The summed E-state index contributed by atoms with van der Waals surface area (Å²) < 4.78 is 1.55. The van der Waals surface area contributed by atoms with Crippen LogP contribution in [0.15, 0.2) is 59.8 Å². The first kappa shape index (κ1) is 15.9. The van der Waals surface area contributed by atoms with Crippen LogP contribution in [0, 0.1) is 0 Å². The Bertz CT molecular complexity index is 890. The average Bonchev–Trinajstić information content (AvgIpc) is 2.63. The number of benzene rings is 1. The van der Waals surface area contributed by atoms with Crippen molar-refractivity contribution in [2.45, 2.75) is 25.9 Å². The summed E-state index contributed by atoms with van der Waals surface area (Å²) in [6, 6.07) is 12.8. The second-order valence-corrected chi connectivity index (χ2v) is 5.46. The van der Waals surface area contributed by atoms with Gasteiger partial charge in [-0.15, -0.1) is 0 Å². The zero-order valence-corrected chi connectivity index (χ0v) is 13.2. The summed E-state index contributed by atoms with van der Waals surface area (Å²) in [6.45, 7) is 0.880. The van der Waals surface area contributed by atoms with E-state index >= 15 is 0 Å². The topological polar surface area (TPSA) is 76.9 Å². The predicted molar refractivity (Wildman–Crippen MR) is 91.3 cm³/mol. The first-order chi connectivity index (χ1) is 11.7. The molecule has 0 unspecified atom stereocenters. The molecule has 0 aliphatic heterocycles. The van der Waals surface area contributed by atoms with Gasteiger partial charge in [0.2, 0.25) is 5.91 Å². The first-order valence-corrected chi connectivity index (χ1v) is 7.85. The van der Waals surface area contributed by atoms with Gasteiger partial charge in [-0.2, -0.15) is 0 Å². The number of carbonyl (C=O) groups excluding carboxylic acids is 1. The van der Waals surface area contributed by atoms with Crippen molar-refractivity contribution in [3.8, 4) is 0 Å². The molecule has 24 heavy (non-hydrogen) atoms. The highest BCUT2D eigenvalue weighted by Gasteiger charge is 2.05. The van der Waals surface area contributed by atoms with Crippen molar-refractivity contribution in [3.63, 3.8) is 0 Å². The number of aryl methyl sites for hydroxylation is 1. The van der Waals surface area contributed by atoms with Crippen molar-refractivity contribution >= 4 is 16.8 Å². The molecule has 0 aliphatic rings. The van der Waals surface area contributed by atoms with E-state index in [1.165, 1.54) is 6.33 Å². The number of para-hydroxylation sites is 1.